The number of rotatable bonds is 4. The molecule has 3 rings (SSSR count). The van der Waals surface area contributed by atoms with Crippen LogP contribution in [0.3, 0.4) is 0 Å². The Labute approximate surface area is 146 Å². The van der Waals surface area contributed by atoms with E-state index < -0.39 is 0 Å². The molecule has 0 nitrogen and oxygen atoms in total. The van der Waals surface area contributed by atoms with Crippen molar-refractivity contribution in [2.75, 3.05) is 0 Å². The molecule has 0 amide bonds. The minimum Gasteiger partial charge on any atom is -0.0651 e. The smallest absolute Gasteiger partial charge is 0.00729 e. The SMILES string of the molecule is CCCc1[c]cc(-c2ccc(C)cc2)c(-c2ccc(C)cc2)c1C. The van der Waals surface area contributed by atoms with Crippen molar-refractivity contribution in [3.63, 3.8) is 0 Å². The predicted octanol–water partition coefficient (Wildman–Crippen LogP) is 6.70. The fourth-order valence-electron chi connectivity index (χ4n) is 3.26. The largest absolute Gasteiger partial charge is 0.0651 e. The minimum absolute atomic E-state index is 1.08. The second-order valence-corrected chi connectivity index (χ2v) is 6.66. The van der Waals surface area contributed by atoms with Gasteiger partial charge >= 0.3 is 0 Å². The first-order valence-corrected chi connectivity index (χ1v) is 8.78. The number of hydrogen-bond acceptors (Lipinski definition) is 0. The first-order valence-electron chi connectivity index (χ1n) is 8.78. The van der Waals surface area contributed by atoms with Crippen molar-refractivity contribution in [2.24, 2.45) is 0 Å². The Kier molecular flexibility index (Phi) is 4.85. The lowest BCUT2D eigenvalue weighted by atomic mass is 9.87. The number of hydrogen-bond donors (Lipinski definition) is 0. The van der Waals surface area contributed by atoms with Gasteiger partial charge in [-0.05, 0) is 72.7 Å². The van der Waals surface area contributed by atoms with Gasteiger partial charge in [-0.15, -0.1) is 0 Å². The van der Waals surface area contributed by atoms with Crippen LogP contribution < -0.4 is 0 Å². The molecular formula is C24H25. The summed E-state index contributed by atoms with van der Waals surface area (Å²) < 4.78 is 0. The standard InChI is InChI=1S/C24H25/c1-5-6-20-15-16-23(21-11-7-17(2)8-12-21)24(19(20)4)22-13-9-18(3)10-14-22/h7-14,16H,5-6H2,1-4H3. The maximum Gasteiger partial charge on any atom is -0.00729 e. The van der Waals surface area contributed by atoms with Crippen molar-refractivity contribution in [1.29, 1.82) is 0 Å². The molecule has 0 heterocycles. The van der Waals surface area contributed by atoms with E-state index in [0.717, 1.165) is 12.8 Å². The second kappa shape index (κ2) is 7.05. The van der Waals surface area contributed by atoms with Crippen LogP contribution in [0.25, 0.3) is 22.3 Å². The number of benzene rings is 3. The van der Waals surface area contributed by atoms with E-state index in [2.05, 4.69) is 88.4 Å². The van der Waals surface area contributed by atoms with Crippen molar-refractivity contribution in [3.8, 4) is 22.3 Å². The van der Waals surface area contributed by atoms with Gasteiger partial charge in [0, 0.05) is 0 Å². The normalized spacial score (nSPS) is 10.8. The van der Waals surface area contributed by atoms with E-state index in [-0.39, 0.29) is 0 Å². The van der Waals surface area contributed by atoms with Crippen molar-refractivity contribution in [2.45, 2.75) is 40.5 Å². The molecule has 0 unspecified atom stereocenters. The fourth-order valence-corrected chi connectivity index (χ4v) is 3.26. The molecule has 1 radical (unpaired) electrons. The van der Waals surface area contributed by atoms with Gasteiger partial charge < -0.3 is 0 Å². The molecule has 0 aromatic heterocycles. The van der Waals surface area contributed by atoms with Gasteiger partial charge in [0.2, 0.25) is 0 Å². The zero-order valence-corrected chi connectivity index (χ0v) is 15.1. The molecule has 0 heteroatoms. The zero-order chi connectivity index (χ0) is 17.1. The van der Waals surface area contributed by atoms with Gasteiger partial charge in [0.1, 0.15) is 0 Å². The van der Waals surface area contributed by atoms with Crippen LogP contribution in [-0.2, 0) is 6.42 Å². The molecule has 3 aromatic carbocycles. The molecule has 0 N–H and O–H groups in total. The predicted molar refractivity (Wildman–Crippen MR) is 104 cm³/mol. The monoisotopic (exact) mass is 313 g/mol. The second-order valence-electron chi connectivity index (χ2n) is 6.66. The molecular weight excluding hydrogens is 288 g/mol. The summed E-state index contributed by atoms with van der Waals surface area (Å²) >= 11 is 0. The molecule has 0 saturated carbocycles. The third-order valence-corrected chi connectivity index (χ3v) is 4.69. The molecule has 0 aliphatic carbocycles. The number of aryl methyl sites for hydroxylation is 3. The average molecular weight is 313 g/mol. The quantitative estimate of drug-likeness (QED) is 0.503. The van der Waals surface area contributed by atoms with Crippen LogP contribution in [0, 0.1) is 26.8 Å². The molecule has 0 aliphatic rings. The highest BCUT2D eigenvalue weighted by Crippen LogP contribution is 2.36. The van der Waals surface area contributed by atoms with Crippen molar-refractivity contribution in [1.82, 2.24) is 0 Å². The summed E-state index contributed by atoms with van der Waals surface area (Å²) in [5.74, 6) is 0. The Bertz CT molecular complexity index is 821. The van der Waals surface area contributed by atoms with Gasteiger partial charge in [0.05, 0.1) is 0 Å². The van der Waals surface area contributed by atoms with Crippen LogP contribution in [0.2, 0.25) is 0 Å². The molecule has 0 fully saturated rings. The third-order valence-electron chi connectivity index (χ3n) is 4.69. The molecule has 121 valence electrons. The Morgan fingerprint density at radius 3 is 1.83 bits per heavy atom. The summed E-state index contributed by atoms with van der Waals surface area (Å²) in [5, 5.41) is 0. The van der Waals surface area contributed by atoms with Crippen LogP contribution in [0.15, 0.2) is 54.6 Å². The van der Waals surface area contributed by atoms with Crippen molar-refractivity contribution < 1.29 is 0 Å². The van der Waals surface area contributed by atoms with E-state index in [1.165, 1.54) is 44.5 Å². The molecule has 0 saturated heterocycles. The van der Waals surface area contributed by atoms with Gasteiger partial charge in [-0.25, -0.2) is 0 Å². The molecule has 0 aliphatic heterocycles. The summed E-state index contributed by atoms with van der Waals surface area (Å²) in [6.07, 6.45) is 2.23. The van der Waals surface area contributed by atoms with Crippen LogP contribution >= 0.6 is 0 Å². The molecule has 24 heavy (non-hydrogen) atoms. The van der Waals surface area contributed by atoms with Crippen LogP contribution in [0.4, 0.5) is 0 Å². The highest BCUT2D eigenvalue weighted by Gasteiger charge is 2.13. The third kappa shape index (κ3) is 3.28. The zero-order valence-electron chi connectivity index (χ0n) is 15.1. The van der Waals surface area contributed by atoms with E-state index in [1.807, 2.05) is 0 Å². The lowest BCUT2D eigenvalue weighted by Gasteiger charge is -2.17. The maximum absolute atomic E-state index is 3.54. The summed E-state index contributed by atoms with van der Waals surface area (Å²) in [4.78, 5) is 0. The van der Waals surface area contributed by atoms with E-state index in [9.17, 15) is 0 Å². The first-order chi connectivity index (χ1) is 11.6. The van der Waals surface area contributed by atoms with E-state index in [4.69, 9.17) is 0 Å². The Morgan fingerprint density at radius 2 is 1.29 bits per heavy atom. The highest BCUT2D eigenvalue weighted by atomic mass is 14.2. The van der Waals surface area contributed by atoms with Gasteiger partial charge in [-0.1, -0.05) is 73.0 Å². The van der Waals surface area contributed by atoms with Crippen LogP contribution in [0.5, 0.6) is 0 Å². The highest BCUT2D eigenvalue weighted by molar-refractivity contribution is 5.86. The molecule has 3 aromatic rings. The fraction of sp³-hybridized carbons (Fsp3) is 0.250. The summed E-state index contributed by atoms with van der Waals surface area (Å²) in [5.41, 5.74) is 10.5. The summed E-state index contributed by atoms with van der Waals surface area (Å²) in [6.45, 7) is 8.74. The van der Waals surface area contributed by atoms with Crippen molar-refractivity contribution in [3.05, 3.63) is 82.9 Å². The van der Waals surface area contributed by atoms with E-state index in [0.29, 0.717) is 0 Å². The Hall–Kier alpha value is -2.34. The molecule has 0 bridgehead atoms. The van der Waals surface area contributed by atoms with Gasteiger partial charge in [-0.2, -0.15) is 0 Å². The van der Waals surface area contributed by atoms with E-state index >= 15 is 0 Å². The van der Waals surface area contributed by atoms with Gasteiger partial charge in [0.25, 0.3) is 0 Å². The minimum atomic E-state index is 1.08. The summed E-state index contributed by atoms with van der Waals surface area (Å²) in [7, 11) is 0. The first kappa shape index (κ1) is 16.5. The van der Waals surface area contributed by atoms with Crippen molar-refractivity contribution >= 4 is 0 Å². The van der Waals surface area contributed by atoms with Gasteiger partial charge in [0.15, 0.2) is 0 Å². The average Bonchev–Trinajstić information content (AvgIpc) is 2.58. The Morgan fingerprint density at radius 1 is 0.750 bits per heavy atom. The molecule has 0 atom stereocenters. The van der Waals surface area contributed by atoms with Gasteiger partial charge in [-0.3, -0.25) is 0 Å². The Balaban J connectivity index is 2.23. The van der Waals surface area contributed by atoms with Crippen LogP contribution in [0.1, 0.15) is 35.6 Å². The van der Waals surface area contributed by atoms with E-state index in [1.54, 1.807) is 0 Å². The summed E-state index contributed by atoms with van der Waals surface area (Å²) in [6, 6.07) is 23.4. The maximum atomic E-state index is 3.54. The van der Waals surface area contributed by atoms with Crippen LogP contribution in [-0.4, -0.2) is 0 Å². The molecule has 0 spiro atoms. The topological polar surface area (TPSA) is 0 Å². The lowest BCUT2D eigenvalue weighted by Crippen LogP contribution is -1.96. The lowest BCUT2D eigenvalue weighted by molar-refractivity contribution is 0.912.